The van der Waals surface area contributed by atoms with Crippen molar-refractivity contribution in [2.45, 2.75) is 19.9 Å². The Balaban J connectivity index is 2.62. The lowest BCUT2D eigenvalue weighted by molar-refractivity contribution is -0.117. The second-order valence-electron chi connectivity index (χ2n) is 4.12. The summed E-state index contributed by atoms with van der Waals surface area (Å²) in [6.07, 6.45) is 2.26. The average molecular weight is 273 g/mol. The van der Waals surface area contributed by atoms with Crippen molar-refractivity contribution >= 4 is 5.91 Å². The number of nitrogens with zero attached hydrogens (tertiary/aromatic N) is 1. The van der Waals surface area contributed by atoms with Crippen LogP contribution in [0.1, 0.15) is 18.9 Å². The quantitative estimate of drug-likeness (QED) is 0.586. The van der Waals surface area contributed by atoms with Crippen molar-refractivity contribution in [1.82, 2.24) is 10.6 Å². The Morgan fingerprint density at radius 1 is 1.45 bits per heavy atom. The summed E-state index contributed by atoms with van der Waals surface area (Å²) in [4.78, 5) is 11.6. The van der Waals surface area contributed by atoms with Crippen molar-refractivity contribution in [3.63, 3.8) is 0 Å². The molecule has 1 amide bonds. The van der Waals surface area contributed by atoms with Crippen LogP contribution in [0.2, 0.25) is 0 Å². The van der Waals surface area contributed by atoms with Gasteiger partial charge >= 0.3 is 0 Å². The van der Waals surface area contributed by atoms with Crippen molar-refractivity contribution in [2.75, 3.05) is 13.7 Å². The van der Waals surface area contributed by atoms with Crippen molar-refractivity contribution in [2.24, 2.45) is 0 Å². The van der Waals surface area contributed by atoms with Crippen LogP contribution in [0.15, 0.2) is 36.0 Å². The SMILES string of the molecule is CCCNC(=O)/C(C#N)=C\NCc1ccccc1OC. The molecule has 0 saturated carbocycles. The van der Waals surface area contributed by atoms with Crippen LogP contribution in [-0.4, -0.2) is 19.6 Å². The van der Waals surface area contributed by atoms with E-state index in [1.54, 1.807) is 7.11 Å². The van der Waals surface area contributed by atoms with Gasteiger partial charge in [-0.25, -0.2) is 0 Å². The summed E-state index contributed by atoms with van der Waals surface area (Å²) in [5, 5.41) is 14.6. The lowest BCUT2D eigenvalue weighted by Gasteiger charge is -2.08. The first-order chi connectivity index (χ1) is 9.72. The topological polar surface area (TPSA) is 74.2 Å². The molecular formula is C15H19N3O2. The highest BCUT2D eigenvalue weighted by Gasteiger charge is 2.07. The van der Waals surface area contributed by atoms with Crippen LogP contribution >= 0.6 is 0 Å². The van der Waals surface area contributed by atoms with Gasteiger partial charge in [-0.15, -0.1) is 0 Å². The van der Waals surface area contributed by atoms with E-state index in [0.29, 0.717) is 13.1 Å². The van der Waals surface area contributed by atoms with Crippen LogP contribution in [0.25, 0.3) is 0 Å². The third-order valence-electron chi connectivity index (χ3n) is 2.63. The molecule has 0 bridgehead atoms. The van der Waals surface area contributed by atoms with Gasteiger partial charge in [0.05, 0.1) is 7.11 Å². The second kappa shape index (κ2) is 8.59. The molecule has 106 valence electrons. The molecule has 0 spiro atoms. The number of amides is 1. The number of methoxy groups -OCH3 is 1. The highest BCUT2D eigenvalue weighted by Crippen LogP contribution is 2.16. The fourth-order valence-electron chi connectivity index (χ4n) is 1.59. The second-order valence-corrected chi connectivity index (χ2v) is 4.12. The molecule has 0 unspecified atom stereocenters. The summed E-state index contributed by atoms with van der Waals surface area (Å²) in [7, 11) is 1.60. The zero-order chi connectivity index (χ0) is 14.8. The number of nitriles is 1. The minimum absolute atomic E-state index is 0.0633. The van der Waals surface area contributed by atoms with Crippen LogP contribution < -0.4 is 15.4 Å². The van der Waals surface area contributed by atoms with Gasteiger partial charge in [0.2, 0.25) is 0 Å². The summed E-state index contributed by atoms with van der Waals surface area (Å²) < 4.78 is 5.22. The molecular weight excluding hydrogens is 254 g/mol. The van der Waals surface area contributed by atoms with Crippen LogP contribution in [-0.2, 0) is 11.3 Å². The first-order valence-corrected chi connectivity index (χ1v) is 6.46. The molecule has 1 rings (SSSR count). The summed E-state index contributed by atoms with van der Waals surface area (Å²) in [6, 6.07) is 9.45. The lowest BCUT2D eigenvalue weighted by atomic mass is 10.2. The molecule has 20 heavy (non-hydrogen) atoms. The Morgan fingerprint density at radius 2 is 2.20 bits per heavy atom. The van der Waals surface area contributed by atoms with Gasteiger partial charge in [-0.3, -0.25) is 4.79 Å². The van der Waals surface area contributed by atoms with Gasteiger partial charge in [-0.05, 0) is 12.5 Å². The van der Waals surface area contributed by atoms with E-state index >= 15 is 0 Å². The number of ether oxygens (including phenoxy) is 1. The summed E-state index contributed by atoms with van der Waals surface area (Å²) >= 11 is 0. The maximum absolute atomic E-state index is 11.6. The average Bonchev–Trinajstić information content (AvgIpc) is 2.49. The third-order valence-corrected chi connectivity index (χ3v) is 2.63. The number of para-hydroxylation sites is 1. The van der Waals surface area contributed by atoms with Gasteiger partial charge in [0, 0.05) is 24.9 Å². The van der Waals surface area contributed by atoms with E-state index in [0.717, 1.165) is 17.7 Å². The predicted octanol–water partition coefficient (Wildman–Crippen LogP) is 1.72. The van der Waals surface area contributed by atoms with Crippen molar-refractivity contribution in [3.05, 3.63) is 41.6 Å². The Bertz CT molecular complexity index is 518. The van der Waals surface area contributed by atoms with E-state index in [2.05, 4.69) is 10.6 Å². The molecule has 2 N–H and O–H groups in total. The number of nitrogens with one attached hydrogen (secondary N) is 2. The van der Waals surface area contributed by atoms with E-state index in [-0.39, 0.29) is 11.5 Å². The fraction of sp³-hybridized carbons (Fsp3) is 0.333. The maximum atomic E-state index is 11.6. The van der Waals surface area contributed by atoms with Crippen molar-refractivity contribution in [1.29, 1.82) is 5.26 Å². The molecule has 0 aliphatic carbocycles. The molecule has 0 fully saturated rings. The number of rotatable bonds is 7. The molecule has 0 radical (unpaired) electrons. The Kier molecular flexibility index (Phi) is 6.69. The van der Waals surface area contributed by atoms with E-state index in [1.807, 2.05) is 37.3 Å². The number of hydrogen-bond donors (Lipinski definition) is 2. The normalized spacial score (nSPS) is 10.6. The van der Waals surface area contributed by atoms with E-state index < -0.39 is 0 Å². The monoisotopic (exact) mass is 273 g/mol. The largest absolute Gasteiger partial charge is 0.496 e. The van der Waals surface area contributed by atoms with Crippen LogP contribution in [0.4, 0.5) is 0 Å². The van der Waals surface area contributed by atoms with Crippen molar-refractivity contribution < 1.29 is 9.53 Å². The van der Waals surface area contributed by atoms with Gasteiger partial charge in [0.1, 0.15) is 17.4 Å². The minimum atomic E-state index is -0.359. The van der Waals surface area contributed by atoms with E-state index in [4.69, 9.17) is 10.00 Å². The molecule has 1 aromatic carbocycles. The van der Waals surface area contributed by atoms with Gasteiger partial charge < -0.3 is 15.4 Å². The Hall–Kier alpha value is -2.48. The zero-order valence-electron chi connectivity index (χ0n) is 11.8. The zero-order valence-corrected chi connectivity index (χ0v) is 11.8. The molecule has 0 heterocycles. The van der Waals surface area contributed by atoms with Gasteiger partial charge in [-0.2, -0.15) is 5.26 Å². The number of carbonyl (C=O) groups is 1. The molecule has 1 aromatic rings. The maximum Gasteiger partial charge on any atom is 0.263 e. The predicted molar refractivity (Wildman–Crippen MR) is 76.8 cm³/mol. The molecule has 5 heteroatoms. The molecule has 0 aliphatic heterocycles. The standard InChI is InChI=1S/C15H19N3O2/c1-3-8-18-15(19)13(9-16)11-17-10-12-6-4-5-7-14(12)20-2/h4-7,11,17H,3,8,10H2,1-2H3,(H,18,19)/b13-11-. The Morgan fingerprint density at radius 3 is 2.85 bits per heavy atom. The van der Waals surface area contributed by atoms with Gasteiger partial charge in [-0.1, -0.05) is 25.1 Å². The van der Waals surface area contributed by atoms with E-state index in [1.165, 1.54) is 6.20 Å². The Labute approximate surface area is 119 Å². The van der Waals surface area contributed by atoms with Crippen molar-refractivity contribution in [3.8, 4) is 11.8 Å². The van der Waals surface area contributed by atoms with Gasteiger partial charge in [0.25, 0.3) is 5.91 Å². The number of benzene rings is 1. The smallest absolute Gasteiger partial charge is 0.263 e. The van der Waals surface area contributed by atoms with Crippen LogP contribution in [0.5, 0.6) is 5.75 Å². The first-order valence-electron chi connectivity index (χ1n) is 6.46. The van der Waals surface area contributed by atoms with Crippen LogP contribution in [0.3, 0.4) is 0 Å². The molecule has 0 saturated heterocycles. The number of carbonyl (C=O) groups excluding carboxylic acids is 1. The lowest BCUT2D eigenvalue weighted by Crippen LogP contribution is -2.26. The number of hydrogen-bond acceptors (Lipinski definition) is 4. The first kappa shape index (κ1) is 15.6. The summed E-state index contributed by atoms with van der Waals surface area (Å²) in [6.45, 7) is 3.00. The molecule has 0 aliphatic rings. The fourth-order valence-corrected chi connectivity index (χ4v) is 1.59. The highest BCUT2D eigenvalue weighted by atomic mass is 16.5. The molecule has 5 nitrogen and oxygen atoms in total. The van der Waals surface area contributed by atoms with E-state index in [9.17, 15) is 4.79 Å². The summed E-state index contributed by atoms with van der Waals surface area (Å²) in [5.41, 5.74) is 1.02. The van der Waals surface area contributed by atoms with Crippen LogP contribution in [0, 0.1) is 11.3 Å². The molecule has 0 atom stereocenters. The highest BCUT2D eigenvalue weighted by molar-refractivity contribution is 5.97. The minimum Gasteiger partial charge on any atom is -0.496 e. The molecule has 0 aromatic heterocycles. The summed E-state index contributed by atoms with van der Waals surface area (Å²) in [5.74, 6) is 0.407. The third kappa shape index (κ3) is 4.65. The van der Waals surface area contributed by atoms with Gasteiger partial charge in [0.15, 0.2) is 0 Å².